The number of carbonyl (C=O) groups excluding carboxylic acids is 3. The van der Waals surface area contributed by atoms with Gasteiger partial charge in [0, 0.05) is 56.9 Å². The third-order valence-electron chi connectivity index (χ3n) is 6.86. The summed E-state index contributed by atoms with van der Waals surface area (Å²) in [6, 6.07) is 4.69. The van der Waals surface area contributed by atoms with Crippen molar-refractivity contribution in [3.8, 4) is 5.75 Å². The van der Waals surface area contributed by atoms with Gasteiger partial charge in [-0.05, 0) is 45.7 Å². The molecule has 0 bridgehead atoms. The highest BCUT2D eigenvalue weighted by Crippen LogP contribution is 2.30. The van der Waals surface area contributed by atoms with Crippen LogP contribution in [-0.4, -0.2) is 79.7 Å². The van der Waals surface area contributed by atoms with Crippen LogP contribution in [0.3, 0.4) is 0 Å². The van der Waals surface area contributed by atoms with Crippen LogP contribution in [0.4, 0.5) is 10.5 Å². The van der Waals surface area contributed by atoms with E-state index in [4.69, 9.17) is 9.47 Å². The molecule has 35 heavy (non-hydrogen) atoms. The average Bonchev–Trinajstić information content (AvgIpc) is 2.76. The molecule has 194 valence electrons. The number of ether oxygens (including phenoxy) is 2. The number of anilines is 1. The summed E-state index contributed by atoms with van der Waals surface area (Å²) in [5, 5.41) is 5.92. The van der Waals surface area contributed by atoms with E-state index in [-0.39, 0.29) is 54.5 Å². The van der Waals surface area contributed by atoms with E-state index in [0.29, 0.717) is 30.1 Å². The third kappa shape index (κ3) is 6.66. The molecule has 4 amide bonds. The lowest BCUT2D eigenvalue weighted by Gasteiger charge is -2.36. The van der Waals surface area contributed by atoms with E-state index in [1.165, 1.54) is 0 Å². The number of urea groups is 1. The van der Waals surface area contributed by atoms with E-state index < -0.39 is 0 Å². The molecule has 2 N–H and O–H groups in total. The zero-order chi connectivity index (χ0) is 25.7. The lowest BCUT2D eigenvalue weighted by molar-refractivity contribution is -0.122. The van der Waals surface area contributed by atoms with E-state index in [0.717, 1.165) is 19.3 Å². The quantitative estimate of drug-likeness (QED) is 0.677. The molecule has 0 aromatic heterocycles. The summed E-state index contributed by atoms with van der Waals surface area (Å²) >= 11 is 0. The van der Waals surface area contributed by atoms with Crippen molar-refractivity contribution in [1.29, 1.82) is 0 Å². The Hall–Kier alpha value is -2.81. The predicted molar refractivity (Wildman–Crippen MR) is 135 cm³/mol. The molecule has 3 rings (SSSR count). The molecule has 0 radical (unpaired) electrons. The first-order chi connectivity index (χ1) is 16.6. The molecule has 1 fully saturated rings. The fraction of sp³-hybridized carbons (Fsp3) is 0.654. The molecule has 1 aromatic rings. The van der Waals surface area contributed by atoms with Gasteiger partial charge < -0.3 is 29.9 Å². The Labute approximate surface area is 208 Å². The molecule has 3 atom stereocenters. The molecule has 0 saturated heterocycles. The van der Waals surface area contributed by atoms with Crippen molar-refractivity contribution in [1.82, 2.24) is 15.1 Å². The zero-order valence-corrected chi connectivity index (χ0v) is 21.8. The predicted octanol–water partition coefficient (Wildman–Crippen LogP) is 3.35. The molecule has 1 saturated carbocycles. The van der Waals surface area contributed by atoms with E-state index in [1.807, 2.05) is 27.7 Å². The number of likely N-dealkylation sites (N-methyl/N-ethyl adjacent to an activating group) is 1. The number of hydrogen-bond acceptors (Lipinski definition) is 5. The number of amides is 4. The maximum Gasteiger partial charge on any atom is 0.317 e. The first kappa shape index (κ1) is 26.8. The molecule has 1 heterocycles. The highest BCUT2D eigenvalue weighted by Gasteiger charge is 2.31. The van der Waals surface area contributed by atoms with Gasteiger partial charge in [0.15, 0.2) is 0 Å². The number of fused-ring (bicyclic) bond motifs is 1. The van der Waals surface area contributed by atoms with Crippen molar-refractivity contribution in [2.24, 2.45) is 11.8 Å². The van der Waals surface area contributed by atoms with Crippen LogP contribution in [0.2, 0.25) is 0 Å². The molecular formula is C26H40N4O5. The largest absolute Gasteiger partial charge is 0.491 e. The molecule has 1 aliphatic heterocycles. The number of nitrogens with one attached hydrogen (secondary N) is 2. The van der Waals surface area contributed by atoms with Crippen LogP contribution in [0.5, 0.6) is 5.75 Å². The van der Waals surface area contributed by atoms with Crippen molar-refractivity contribution < 1.29 is 23.9 Å². The second kappa shape index (κ2) is 11.7. The Bertz CT molecular complexity index is 917. The SMILES string of the molecule is CO[C@H]1CN(C)C(=O)c2ccc(NC(=O)C3CCC3)cc2OC[C@@H](C)N(C(=O)NC(C)C)C[C@H]1C. The molecule has 2 aliphatic rings. The van der Waals surface area contributed by atoms with Crippen molar-refractivity contribution in [3.63, 3.8) is 0 Å². The molecule has 1 aromatic carbocycles. The number of benzene rings is 1. The molecule has 0 unspecified atom stereocenters. The summed E-state index contributed by atoms with van der Waals surface area (Å²) in [7, 11) is 3.36. The standard InChI is InChI=1S/C26H40N4O5/c1-16(2)27-26(33)30-13-17(3)23(34-6)14-29(5)25(32)21-11-10-20(12-22(21)35-15-18(30)4)28-24(31)19-8-7-9-19/h10-12,16-19,23H,7-9,13-15H2,1-6H3,(H,27,33)(H,28,31)/t17-,18-,23+/m1/s1. The Morgan fingerprint density at radius 1 is 1.17 bits per heavy atom. The van der Waals surface area contributed by atoms with Gasteiger partial charge in [0.2, 0.25) is 5.91 Å². The van der Waals surface area contributed by atoms with Crippen molar-refractivity contribution >= 4 is 23.5 Å². The topological polar surface area (TPSA) is 100 Å². The lowest BCUT2D eigenvalue weighted by atomic mass is 9.85. The summed E-state index contributed by atoms with van der Waals surface area (Å²) in [6.45, 7) is 8.81. The van der Waals surface area contributed by atoms with Crippen LogP contribution in [-0.2, 0) is 9.53 Å². The number of nitrogens with zero attached hydrogens (tertiary/aromatic N) is 2. The first-order valence-corrected chi connectivity index (χ1v) is 12.5. The van der Waals surface area contributed by atoms with Gasteiger partial charge in [-0.1, -0.05) is 13.3 Å². The maximum atomic E-state index is 13.3. The summed E-state index contributed by atoms with van der Waals surface area (Å²) in [5.74, 6) is 0.222. The lowest BCUT2D eigenvalue weighted by Crippen LogP contribution is -2.52. The van der Waals surface area contributed by atoms with Crippen LogP contribution in [0.15, 0.2) is 18.2 Å². The monoisotopic (exact) mass is 488 g/mol. The van der Waals surface area contributed by atoms with Gasteiger partial charge in [0.25, 0.3) is 5.91 Å². The van der Waals surface area contributed by atoms with Gasteiger partial charge in [-0.3, -0.25) is 9.59 Å². The molecular weight excluding hydrogens is 448 g/mol. The van der Waals surface area contributed by atoms with Crippen LogP contribution in [0.1, 0.15) is 57.3 Å². The normalized spacial score (nSPS) is 24.0. The summed E-state index contributed by atoms with van der Waals surface area (Å²) < 4.78 is 11.9. The highest BCUT2D eigenvalue weighted by atomic mass is 16.5. The molecule has 9 heteroatoms. The second-order valence-corrected chi connectivity index (χ2v) is 10.2. The Balaban J connectivity index is 1.91. The second-order valence-electron chi connectivity index (χ2n) is 10.2. The minimum atomic E-state index is -0.262. The Morgan fingerprint density at radius 2 is 1.89 bits per heavy atom. The third-order valence-corrected chi connectivity index (χ3v) is 6.86. The van der Waals surface area contributed by atoms with Gasteiger partial charge >= 0.3 is 6.03 Å². The van der Waals surface area contributed by atoms with E-state index in [1.54, 1.807) is 42.2 Å². The zero-order valence-electron chi connectivity index (χ0n) is 21.8. The minimum Gasteiger partial charge on any atom is -0.491 e. The molecule has 9 nitrogen and oxygen atoms in total. The maximum absolute atomic E-state index is 13.3. The van der Waals surface area contributed by atoms with Crippen LogP contribution in [0, 0.1) is 11.8 Å². The molecule has 1 aliphatic carbocycles. The van der Waals surface area contributed by atoms with Crippen LogP contribution >= 0.6 is 0 Å². The van der Waals surface area contributed by atoms with E-state index in [2.05, 4.69) is 10.6 Å². The van der Waals surface area contributed by atoms with Gasteiger partial charge in [-0.25, -0.2) is 4.79 Å². The number of hydrogen-bond donors (Lipinski definition) is 2. The van der Waals surface area contributed by atoms with Gasteiger partial charge in [-0.2, -0.15) is 0 Å². The number of carbonyl (C=O) groups is 3. The Morgan fingerprint density at radius 3 is 2.49 bits per heavy atom. The summed E-state index contributed by atoms with van der Waals surface area (Å²) in [6.07, 6.45) is 2.63. The van der Waals surface area contributed by atoms with Gasteiger partial charge in [-0.15, -0.1) is 0 Å². The van der Waals surface area contributed by atoms with Crippen LogP contribution < -0.4 is 15.4 Å². The first-order valence-electron chi connectivity index (χ1n) is 12.5. The van der Waals surface area contributed by atoms with Crippen molar-refractivity contribution in [2.45, 2.75) is 65.1 Å². The van der Waals surface area contributed by atoms with Gasteiger partial charge in [0.05, 0.1) is 17.7 Å². The fourth-order valence-electron chi connectivity index (χ4n) is 4.38. The highest BCUT2D eigenvalue weighted by molar-refractivity contribution is 5.99. The summed E-state index contributed by atoms with van der Waals surface area (Å²) in [4.78, 5) is 42.2. The van der Waals surface area contributed by atoms with Crippen LogP contribution in [0.25, 0.3) is 0 Å². The minimum absolute atomic E-state index is 0.00292. The van der Waals surface area contributed by atoms with E-state index >= 15 is 0 Å². The van der Waals surface area contributed by atoms with E-state index in [9.17, 15) is 14.4 Å². The summed E-state index contributed by atoms with van der Waals surface area (Å²) in [5.41, 5.74) is 0.997. The Kier molecular flexibility index (Phi) is 8.99. The van der Waals surface area contributed by atoms with Crippen molar-refractivity contribution in [3.05, 3.63) is 23.8 Å². The fourth-order valence-corrected chi connectivity index (χ4v) is 4.38. The average molecular weight is 489 g/mol. The number of methoxy groups -OCH3 is 1. The van der Waals surface area contributed by atoms with Gasteiger partial charge in [0.1, 0.15) is 12.4 Å². The number of rotatable bonds is 4. The van der Waals surface area contributed by atoms with Crippen molar-refractivity contribution in [2.75, 3.05) is 39.2 Å². The molecule has 0 spiro atoms. The smallest absolute Gasteiger partial charge is 0.317 e.